The van der Waals surface area contributed by atoms with Crippen LogP contribution in [0.4, 0.5) is 4.39 Å². The second-order valence-corrected chi connectivity index (χ2v) is 5.30. The minimum absolute atomic E-state index is 0.0358. The van der Waals surface area contributed by atoms with Gasteiger partial charge in [-0.3, -0.25) is 4.79 Å². The van der Waals surface area contributed by atoms with Gasteiger partial charge in [0.2, 0.25) is 5.82 Å². The molecular formula is C15H12ClFN4O3. The van der Waals surface area contributed by atoms with Crippen LogP contribution in [0.2, 0.25) is 5.15 Å². The Morgan fingerprint density at radius 3 is 2.71 bits per heavy atom. The molecule has 1 amide bonds. The number of aliphatic hydroxyl groups excluding tert-OH is 1. The van der Waals surface area contributed by atoms with Crippen molar-refractivity contribution in [2.45, 2.75) is 6.04 Å². The number of rotatable bonds is 5. The lowest BCUT2D eigenvalue weighted by molar-refractivity contribution is 0.0901. The van der Waals surface area contributed by atoms with Crippen molar-refractivity contribution in [1.29, 1.82) is 0 Å². The van der Waals surface area contributed by atoms with Crippen LogP contribution in [-0.2, 0) is 0 Å². The molecule has 9 heteroatoms. The van der Waals surface area contributed by atoms with Crippen LogP contribution >= 0.6 is 11.6 Å². The van der Waals surface area contributed by atoms with E-state index in [-0.39, 0.29) is 17.3 Å². The van der Waals surface area contributed by atoms with E-state index in [1.165, 1.54) is 24.3 Å². The van der Waals surface area contributed by atoms with Crippen LogP contribution in [0, 0.1) is 5.82 Å². The molecule has 0 bridgehead atoms. The number of aliphatic hydroxyl groups is 1. The van der Waals surface area contributed by atoms with Gasteiger partial charge in [0.05, 0.1) is 12.3 Å². The molecule has 2 aromatic heterocycles. The summed E-state index contributed by atoms with van der Waals surface area (Å²) in [4.78, 5) is 19.1. The van der Waals surface area contributed by atoms with Gasteiger partial charge in [0, 0.05) is 5.56 Å². The van der Waals surface area contributed by atoms with Crippen LogP contribution in [0.5, 0.6) is 0 Å². The first kappa shape index (κ1) is 16.2. The summed E-state index contributed by atoms with van der Waals surface area (Å²) in [6, 6.07) is 7.41. The summed E-state index contributed by atoms with van der Waals surface area (Å²) in [5.41, 5.74) is 0.780. The quantitative estimate of drug-likeness (QED) is 0.655. The molecule has 0 radical (unpaired) electrons. The Balaban J connectivity index is 1.75. The van der Waals surface area contributed by atoms with E-state index in [0.29, 0.717) is 10.8 Å². The van der Waals surface area contributed by atoms with E-state index in [1.807, 2.05) is 0 Å². The van der Waals surface area contributed by atoms with Gasteiger partial charge in [-0.05, 0) is 36.4 Å². The van der Waals surface area contributed by atoms with Gasteiger partial charge in [0.25, 0.3) is 11.8 Å². The monoisotopic (exact) mass is 350 g/mol. The fraction of sp³-hybridized carbons (Fsp3) is 0.133. The van der Waals surface area contributed by atoms with Crippen molar-refractivity contribution in [1.82, 2.24) is 20.4 Å². The number of benzene rings is 1. The Labute approximate surface area is 140 Å². The molecule has 7 nitrogen and oxygen atoms in total. The zero-order valence-electron chi connectivity index (χ0n) is 12.2. The van der Waals surface area contributed by atoms with Gasteiger partial charge >= 0.3 is 0 Å². The Morgan fingerprint density at radius 1 is 1.33 bits per heavy atom. The molecule has 0 saturated heterocycles. The summed E-state index contributed by atoms with van der Waals surface area (Å²) >= 11 is 5.79. The highest BCUT2D eigenvalue weighted by molar-refractivity contribution is 6.29. The molecule has 3 aromatic rings. The molecule has 1 aromatic carbocycles. The number of carbonyl (C=O) groups excluding carboxylic acids is 1. The first-order valence-electron chi connectivity index (χ1n) is 6.92. The van der Waals surface area contributed by atoms with Gasteiger partial charge in [-0.1, -0.05) is 16.8 Å². The molecular weight excluding hydrogens is 339 g/mol. The number of hydrogen-bond donors (Lipinski definition) is 3. The average molecular weight is 351 g/mol. The number of halogens is 2. The largest absolute Gasteiger partial charge is 0.394 e. The van der Waals surface area contributed by atoms with Crippen molar-refractivity contribution in [3.63, 3.8) is 0 Å². The lowest BCUT2D eigenvalue weighted by Crippen LogP contribution is -2.31. The lowest BCUT2D eigenvalue weighted by Gasteiger charge is -2.12. The van der Waals surface area contributed by atoms with E-state index in [1.54, 1.807) is 12.1 Å². The number of nitrogens with one attached hydrogen (secondary N) is 2. The third-order valence-electron chi connectivity index (χ3n) is 3.23. The molecule has 1 unspecified atom stereocenters. The number of aromatic nitrogens is 3. The van der Waals surface area contributed by atoms with Gasteiger partial charge in [0.1, 0.15) is 17.0 Å². The molecule has 0 saturated carbocycles. The molecule has 0 fully saturated rings. The normalized spacial score (nSPS) is 12.1. The Hall–Kier alpha value is -2.71. The number of amides is 1. The third kappa shape index (κ3) is 3.44. The zero-order chi connectivity index (χ0) is 17.1. The SMILES string of the molecule is O=C(NC(CO)c1nc(-c2ccc(Cl)[nH]2)no1)c1ccc(F)cc1. The molecule has 0 spiro atoms. The molecule has 3 N–H and O–H groups in total. The third-order valence-corrected chi connectivity index (χ3v) is 3.45. The highest BCUT2D eigenvalue weighted by Crippen LogP contribution is 2.20. The van der Waals surface area contributed by atoms with Gasteiger partial charge in [-0.15, -0.1) is 0 Å². The van der Waals surface area contributed by atoms with E-state index >= 15 is 0 Å². The molecule has 124 valence electrons. The summed E-state index contributed by atoms with van der Waals surface area (Å²) in [7, 11) is 0. The van der Waals surface area contributed by atoms with E-state index < -0.39 is 24.4 Å². The Morgan fingerprint density at radius 2 is 2.08 bits per heavy atom. The highest BCUT2D eigenvalue weighted by Gasteiger charge is 2.22. The first-order valence-corrected chi connectivity index (χ1v) is 7.30. The Kier molecular flexibility index (Phi) is 4.59. The van der Waals surface area contributed by atoms with Crippen molar-refractivity contribution in [3.8, 4) is 11.5 Å². The second kappa shape index (κ2) is 6.81. The molecule has 3 rings (SSSR count). The summed E-state index contributed by atoms with van der Waals surface area (Å²) in [5, 5.41) is 16.2. The van der Waals surface area contributed by atoms with Crippen LogP contribution < -0.4 is 5.32 Å². The summed E-state index contributed by atoms with van der Waals surface area (Å²) in [6.45, 7) is -0.444. The molecule has 0 aliphatic heterocycles. The van der Waals surface area contributed by atoms with Crippen molar-refractivity contribution >= 4 is 17.5 Å². The molecule has 24 heavy (non-hydrogen) atoms. The maximum atomic E-state index is 12.9. The van der Waals surface area contributed by atoms with Crippen LogP contribution in [0.15, 0.2) is 40.9 Å². The van der Waals surface area contributed by atoms with E-state index in [2.05, 4.69) is 20.4 Å². The average Bonchev–Trinajstić information content (AvgIpc) is 3.22. The molecule has 0 aliphatic carbocycles. The number of nitrogens with zero attached hydrogens (tertiary/aromatic N) is 2. The number of H-pyrrole nitrogens is 1. The van der Waals surface area contributed by atoms with E-state index in [4.69, 9.17) is 16.1 Å². The standard InChI is InChI=1S/C15H12ClFN4O3/c16-12-6-5-10(18-12)13-20-15(24-21-13)11(7-22)19-14(23)8-1-3-9(17)4-2-8/h1-6,11,18,22H,7H2,(H,19,23). The summed E-state index contributed by atoms with van der Waals surface area (Å²) < 4.78 is 18.0. The first-order chi connectivity index (χ1) is 11.6. The maximum absolute atomic E-state index is 12.9. The molecule has 1 atom stereocenters. The topological polar surface area (TPSA) is 104 Å². The minimum atomic E-state index is -0.894. The molecule has 0 aliphatic rings. The summed E-state index contributed by atoms with van der Waals surface area (Å²) in [6.07, 6.45) is 0. The van der Waals surface area contributed by atoms with Crippen molar-refractivity contribution in [2.75, 3.05) is 6.61 Å². The van der Waals surface area contributed by atoms with Gasteiger partial charge in [-0.25, -0.2) is 4.39 Å². The van der Waals surface area contributed by atoms with Crippen LogP contribution in [0.3, 0.4) is 0 Å². The van der Waals surface area contributed by atoms with E-state index in [0.717, 1.165) is 0 Å². The van der Waals surface area contributed by atoms with E-state index in [9.17, 15) is 14.3 Å². The van der Waals surface area contributed by atoms with Crippen LogP contribution in [0.25, 0.3) is 11.5 Å². The Bertz CT molecular complexity index is 847. The zero-order valence-corrected chi connectivity index (χ0v) is 12.9. The van der Waals surface area contributed by atoms with Crippen LogP contribution in [0.1, 0.15) is 22.3 Å². The predicted molar refractivity (Wildman–Crippen MR) is 82.8 cm³/mol. The fourth-order valence-electron chi connectivity index (χ4n) is 2.01. The second-order valence-electron chi connectivity index (χ2n) is 4.89. The predicted octanol–water partition coefficient (Wildman–Crippen LogP) is 2.32. The number of aromatic amines is 1. The van der Waals surface area contributed by atoms with Crippen molar-refractivity contribution < 1.29 is 18.8 Å². The smallest absolute Gasteiger partial charge is 0.251 e. The van der Waals surface area contributed by atoms with Gasteiger partial charge in [-0.2, -0.15) is 4.98 Å². The molecule has 2 heterocycles. The minimum Gasteiger partial charge on any atom is -0.394 e. The maximum Gasteiger partial charge on any atom is 0.251 e. The number of carbonyl (C=O) groups is 1. The van der Waals surface area contributed by atoms with Crippen molar-refractivity contribution in [2.24, 2.45) is 0 Å². The van der Waals surface area contributed by atoms with Crippen LogP contribution in [-0.4, -0.2) is 32.7 Å². The fourth-order valence-corrected chi connectivity index (χ4v) is 2.18. The number of hydrogen-bond acceptors (Lipinski definition) is 5. The van der Waals surface area contributed by atoms with Gasteiger partial charge in [0.15, 0.2) is 0 Å². The highest BCUT2D eigenvalue weighted by atomic mass is 35.5. The summed E-state index contributed by atoms with van der Waals surface area (Å²) in [5.74, 6) is -0.673. The lowest BCUT2D eigenvalue weighted by atomic mass is 10.2. The van der Waals surface area contributed by atoms with Gasteiger partial charge < -0.3 is 19.9 Å². The van der Waals surface area contributed by atoms with Crippen molar-refractivity contribution in [3.05, 3.63) is 58.8 Å².